The van der Waals surface area contributed by atoms with Crippen molar-refractivity contribution in [1.82, 2.24) is 0 Å². The highest BCUT2D eigenvalue weighted by Crippen LogP contribution is 2.25. The molecule has 6 nitrogen and oxygen atoms in total. The lowest BCUT2D eigenvalue weighted by atomic mass is 10.3. The van der Waals surface area contributed by atoms with Crippen molar-refractivity contribution in [3.63, 3.8) is 0 Å². The molecule has 2 aliphatic heterocycles. The zero-order valence-electron chi connectivity index (χ0n) is 14.7. The lowest BCUT2D eigenvalue weighted by Gasteiger charge is -2.18. The number of hydrogen-bond donors (Lipinski definition) is 0. The Hall–Kier alpha value is -1.34. The van der Waals surface area contributed by atoms with Gasteiger partial charge in [-0.15, -0.1) is 0 Å². The number of hydrogen-bond acceptors (Lipinski definition) is 6. The molecule has 2 unspecified atom stereocenters. The van der Waals surface area contributed by atoms with Gasteiger partial charge in [0.2, 0.25) is 0 Å². The molecule has 2 fully saturated rings. The van der Waals surface area contributed by atoms with Gasteiger partial charge in [-0.3, -0.25) is 0 Å². The van der Waals surface area contributed by atoms with Gasteiger partial charge in [0, 0.05) is 0 Å². The average molecular weight is 338 g/mol. The summed E-state index contributed by atoms with van der Waals surface area (Å²) in [5, 5.41) is 0. The van der Waals surface area contributed by atoms with Crippen LogP contribution in [0, 0.1) is 0 Å². The van der Waals surface area contributed by atoms with Crippen LogP contribution < -0.4 is 9.47 Å². The van der Waals surface area contributed by atoms with Gasteiger partial charge >= 0.3 is 0 Å². The third-order valence-corrected chi connectivity index (χ3v) is 3.83. The van der Waals surface area contributed by atoms with E-state index in [-0.39, 0.29) is 12.2 Å². The molecule has 6 heteroatoms. The van der Waals surface area contributed by atoms with Gasteiger partial charge in [-0.1, -0.05) is 0 Å². The fraction of sp³-hybridized carbons (Fsp3) is 0.667. The molecule has 0 spiro atoms. The fourth-order valence-corrected chi connectivity index (χ4v) is 2.70. The molecule has 24 heavy (non-hydrogen) atoms. The first-order valence-electron chi connectivity index (χ1n) is 8.31. The monoisotopic (exact) mass is 338 g/mol. The largest absolute Gasteiger partial charge is 0.491 e. The molecule has 3 rings (SSSR count). The number of benzene rings is 1. The smallest absolute Gasteiger partial charge is 0.163 e. The van der Waals surface area contributed by atoms with Gasteiger partial charge < -0.3 is 28.4 Å². The summed E-state index contributed by atoms with van der Waals surface area (Å²) in [6.07, 6.45) is -0.0856. The predicted octanol–water partition coefficient (Wildman–Crippen LogP) is 2.75. The molecule has 134 valence electrons. The normalized spacial score (nSPS) is 28.0. The highest BCUT2D eigenvalue weighted by atomic mass is 16.8. The van der Waals surface area contributed by atoms with Gasteiger partial charge in [-0.2, -0.15) is 0 Å². The minimum atomic E-state index is -0.522. The maximum absolute atomic E-state index is 5.74. The Morgan fingerprint density at radius 3 is 1.46 bits per heavy atom. The van der Waals surface area contributed by atoms with Crippen molar-refractivity contribution in [3.8, 4) is 11.5 Å². The van der Waals surface area contributed by atoms with Crippen LogP contribution in [-0.4, -0.2) is 50.2 Å². The lowest BCUT2D eigenvalue weighted by molar-refractivity contribution is -0.142. The highest BCUT2D eigenvalue weighted by Gasteiger charge is 2.33. The average Bonchev–Trinajstić information content (AvgIpc) is 3.05. The zero-order valence-corrected chi connectivity index (χ0v) is 14.7. The quantitative estimate of drug-likeness (QED) is 0.795. The molecule has 2 aliphatic rings. The molecule has 1 aromatic rings. The minimum Gasteiger partial charge on any atom is -0.491 e. The summed E-state index contributed by atoms with van der Waals surface area (Å²) in [6.45, 7) is 9.64. The third-order valence-electron chi connectivity index (χ3n) is 3.83. The lowest BCUT2D eigenvalue weighted by Crippen LogP contribution is -2.25. The SMILES string of the molecule is CC1(C)OCC(COc2ccc(OCC3COC(C)(C)O3)cc2)O1. The van der Waals surface area contributed by atoms with E-state index in [0.717, 1.165) is 11.5 Å². The topological polar surface area (TPSA) is 55.4 Å². The van der Waals surface area contributed by atoms with E-state index < -0.39 is 11.6 Å². The number of ether oxygens (including phenoxy) is 6. The molecule has 2 saturated heterocycles. The van der Waals surface area contributed by atoms with E-state index in [0.29, 0.717) is 26.4 Å². The van der Waals surface area contributed by atoms with Crippen LogP contribution in [0.4, 0.5) is 0 Å². The molecular formula is C18H26O6. The molecule has 0 N–H and O–H groups in total. The standard InChI is InChI=1S/C18H26O6/c1-17(2)21-11-15(23-17)9-19-13-5-7-14(8-6-13)20-10-16-12-22-18(3,4)24-16/h5-8,15-16H,9-12H2,1-4H3. The second-order valence-electron chi connectivity index (χ2n) is 6.99. The summed E-state index contributed by atoms with van der Waals surface area (Å²) in [7, 11) is 0. The Kier molecular flexibility index (Phi) is 5.01. The van der Waals surface area contributed by atoms with Crippen LogP contribution in [0.1, 0.15) is 27.7 Å². The molecule has 0 amide bonds. The van der Waals surface area contributed by atoms with Crippen LogP contribution in [0.15, 0.2) is 24.3 Å². The summed E-state index contributed by atoms with van der Waals surface area (Å²) in [5.74, 6) is 0.507. The third kappa shape index (κ3) is 4.83. The second-order valence-corrected chi connectivity index (χ2v) is 6.99. The van der Waals surface area contributed by atoms with Crippen molar-refractivity contribution in [2.75, 3.05) is 26.4 Å². The van der Waals surface area contributed by atoms with Crippen molar-refractivity contribution >= 4 is 0 Å². The van der Waals surface area contributed by atoms with E-state index in [9.17, 15) is 0 Å². The van der Waals surface area contributed by atoms with Crippen LogP contribution in [-0.2, 0) is 18.9 Å². The van der Waals surface area contributed by atoms with Gasteiger partial charge in [0.05, 0.1) is 13.2 Å². The van der Waals surface area contributed by atoms with Gasteiger partial charge in [0.1, 0.15) is 36.9 Å². The summed E-state index contributed by atoms with van der Waals surface area (Å²) in [5.41, 5.74) is 0. The van der Waals surface area contributed by atoms with Crippen LogP contribution in [0.25, 0.3) is 0 Å². The highest BCUT2D eigenvalue weighted by molar-refractivity contribution is 5.31. The van der Waals surface area contributed by atoms with E-state index in [1.54, 1.807) is 0 Å². The molecule has 2 heterocycles. The number of rotatable bonds is 6. The van der Waals surface area contributed by atoms with Crippen LogP contribution in [0.5, 0.6) is 11.5 Å². The summed E-state index contributed by atoms with van der Waals surface area (Å²) < 4.78 is 33.9. The fourth-order valence-electron chi connectivity index (χ4n) is 2.70. The first-order chi connectivity index (χ1) is 11.3. The zero-order chi connectivity index (χ0) is 17.2. The van der Waals surface area contributed by atoms with E-state index in [4.69, 9.17) is 28.4 Å². The molecule has 0 saturated carbocycles. The first kappa shape index (κ1) is 17.5. The summed E-state index contributed by atoms with van der Waals surface area (Å²) in [4.78, 5) is 0. The molecule has 1 aromatic carbocycles. The van der Waals surface area contributed by atoms with Gasteiger partial charge in [0.15, 0.2) is 11.6 Å². The van der Waals surface area contributed by atoms with Gasteiger partial charge in [0.25, 0.3) is 0 Å². The van der Waals surface area contributed by atoms with Crippen molar-refractivity contribution < 1.29 is 28.4 Å². The van der Waals surface area contributed by atoms with Crippen molar-refractivity contribution in [1.29, 1.82) is 0 Å². The molecule has 0 aromatic heterocycles. The minimum absolute atomic E-state index is 0.0428. The van der Waals surface area contributed by atoms with Gasteiger partial charge in [-0.25, -0.2) is 0 Å². The van der Waals surface area contributed by atoms with Crippen LogP contribution in [0.3, 0.4) is 0 Å². The summed E-state index contributed by atoms with van der Waals surface area (Å²) in [6, 6.07) is 7.52. The maximum atomic E-state index is 5.74. The van der Waals surface area contributed by atoms with Crippen molar-refractivity contribution in [2.45, 2.75) is 51.5 Å². The van der Waals surface area contributed by atoms with Crippen molar-refractivity contribution in [3.05, 3.63) is 24.3 Å². The summed E-state index contributed by atoms with van der Waals surface area (Å²) >= 11 is 0. The Balaban J connectivity index is 1.41. The Bertz CT molecular complexity index is 490. The van der Waals surface area contributed by atoms with Gasteiger partial charge in [-0.05, 0) is 52.0 Å². The Labute approximate surface area is 142 Å². The van der Waals surface area contributed by atoms with E-state index in [1.807, 2.05) is 52.0 Å². The Morgan fingerprint density at radius 2 is 1.17 bits per heavy atom. The van der Waals surface area contributed by atoms with Crippen LogP contribution >= 0.6 is 0 Å². The molecule has 0 bridgehead atoms. The first-order valence-corrected chi connectivity index (χ1v) is 8.31. The van der Waals surface area contributed by atoms with E-state index in [1.165, 1.54) is 0 Å². The predicted molar refractivity (Wildman–Crippen MR) is 87.2 cm³/mol. The second kappa shape index (κ2) is 6.88. The Morgan fingerprint density at radius 1 is 0.792 bits per heavy atom. The molecular weight excluding hydrogens is 312 g/mol. The molecule has 0 aliphatic carbocycles. The maximum Gasteiger partial charge on any atom is 0.163 e. The molecule has 2 atom stereocenters. The van der Waals surface area contributed by atoms with Crippen molar-refractivity contribution in [2.24, 2.45) is 0 Å². The molecule has 0 radical (unpaired) electrons. The van der Waals surface area contributed by atoms with E-state index in [2.05, 4.69) is 0 Å². The van der Waals surface area contributed by atoms with Crippen LogP contribution in [0.2, 0.25) is 0 Å². The van der Waals surface area contributed by atoms with E-state index >= 15 is 0 Å².